The lowest BCUT2D eigenvalue weighted by molar-refractivity contribution is 0.514. The highest BCUT2D eigenvalue weighted by Gasteiger charge is 2.13. The number of hydrogen-bond donors (Lipinski definition) is 1. The second-order valence-corrected chi connectivity index (χ2v) is 8.78. The van der Waals surface area contributed by atoms with E-state index in [0.29, 0.717) is 6.42 Å². The molecule has 0 bridgehead atoms. The number of hydrogen-bond acceptors (Lipinski definition) is 4. The molecule has 0 aromatic carbocycles. The standard InChI is InChI=1S/C11H18BrNO2S2/c1-3-13-9(5-4-8-17(2,14)15)10-6-7-11(12)16-10/h6-7,9,13H,3-5,8H2,1-2H3. The summed E-state index contributed by atoms with van der Waals surface area (Å²) in [5.41, 5.74) is 0. The van der Waals surface area contributed by atoms with E-state index in [2.05, 4.69) is 34.2 Å². The largest absolute Gasteiger partial charge is 0.310 e. The average molecular weight is 340 g/mol. The normalized spacial score (nSPS) is 13.8. The molecule has 0 amide bonds. The quantitative estimate of drug-likeness (QED) is 0.830. The first-order valence-corrected chi connectivity index (χ1v) is 9.25. The van der Waals surface area contributed by atoms with Gasteiger partial charge in [-0.05, 0) is 47.4 Å². The van der Waals surface area contributed by atoms with Gasteiger partial charge in [0.25, 0.3) is 0 Å². The zero-order chi connectivity index (χ0) is 12.9. The fourth-order valence-electron chi connectivity index (χ4n) is 1.66. The fraction of sp³-hybridized carbons (Fsp3) is 0.636. The van der Waals surface area contributed by atoms with E-state index in [-0.39, 0.29) is 11.8 Å². The Labute approximate surface area is 116 Å². The van der Waals surface area contributed by atoms with Crippen LogP contribution in [0.2, 0.25) is 0 Å². The molecular weight excluding hydrogens is 322 g/mol. The smallest absolute Gasteiger partial charge is 0.147 e. The first kappa shape index (κ1) is 15.1. The van der Waals surface area contributed by atoms with Crippen molar-refractivity contribution in [2.24, 2.45) is 0 Å². The maximum Gasteiger partial charge on any atom is 0.147 e. The molecule has 0 saturated carbocycles. The summed E-state index contributed by atoms with van der Waals surface area (Å²) in [6, 6.07) is 4.38. The molecule has 17 heavy (non-hydrogen) atoms. The van der Waals surface area contributed by atoms with Crippen molar-refractivity contribution in [2.45, 2.75) is 25.8 Å². The molecule has 1 atom stereocenters. The molecule has 3 nitrogen and oxygen atoms in total. The van der Waals surface area contributed by atoms with Crippen LogP contribution in [0.25, 0.3) is 0 Å². The maximum absolute atomic E-state index is 11.1. The van der Waals surface area contributed by atoms with Gasteiger partial charge < -0.3 is 5.32 Å². The Balaban J connectivity index is 2.55. The van der Waals surface area contributed by atoms with E-state index in [9.17, 15) is 8.42 Å². The van der Waals surface area contributed by atoms with E-state index in [0.717, 1.165) is 16.8 Å². The van der Waals surface area contributed by atoms with Crippen LogP contribution in [-0.4, -0.2) is 27.0 Å². The Hall–Kier alpha value is 0.0900. The molecule has 1 aromatic heterocycles. The lowest BCUT2D eigenvalue weighted by Gasteiger charge is -2.15. The van der Waals surface area contributed by atoms with Crippen molar-refractivity contribution >= 4 is 37.1 Å². The second kappa shape index (κ2) is 6.87. The fourth-order valence-corrected chi connectivity index (χ4v) is 3.88. The summed E-state index contributed by atoms with van der Waals surface area (Å²) in [4.78, 5) is 1.26. The van der Waals surface area contributed by atoms with Crippen molar-refractivity contribution in [1.82, 2.24) is 5.32 Å². The summed E-state index contributed by atoms with van der Waals surface area (Å²) in [6.07, 6.45) is 2.84. The summed E-state index contributed by atoms with van der Waals surface area (Å²) >= 11 is 5.14. The van der Waals surface area contributed by atoms with Gasteiger partial charge in [-0.2, -0.15) is 0 Å². The Morgan fingerprint density at radius 3 is 2.65 bits per heavy atom. The van der Waals surface area contributed by atoms with Crippen molar-refractivity contribution in [2.75, 3.05) is 18.6 Å². The summed E-state index contributed by atoms with van der Waals surface area (Å²) in [5, 5.41) is 3.39. The molecular formula is C11H18BrNO2S2. The number of thiophene rings is 1. The highest BCUT2D eigenvalue weighted by atomic mass is 79.9. The number of sulfone groups is 1. The second-order valence-electron chi connectivity index (χ2n) is 4.02. The molecule has 1 aromatic rings. The summed E-state index contributed by atoms with van der Waals surface area (Å²) in [6.45, 7) is 2.95. The monoisotopic (exact) mass is 339 g/mol. The summed E-state index contributed by atoms with van der Waals surface area (Å²) < 4.78 is 23.3. The third kappa shape index (κ3) is 5.99. The van der Waals surface area contributed by atoms with Gasteiger partial charge in [-0.1, -0.05) is 6.92 Å². The molecule has 0 aliphatic carbocycles. The maximum atomic E-state index is 11.1. The van der Waals surface area contributed by atoms with Gasteiger partial charge in [-0.3, -0.25) is 0 Å². The van der Waals surface area contributed by atoms with Crippen molar-refractivity contribution in [1.29, 1.82) is 0 Å². The number of rotatable bonds is 7. The molecule has 6 heteroatoms. The van der Waals surface area contributed by atoms with E-state index in [1.54, 1.807) is 11.3 Å². The molecule has 1 N–H and O–H groups in total. The SMILES string of the molecule is CCNC(CCCS(C)(=O)=O)c1ccc(Br)s1. The third-order valence-electron chi connectivity index (χ3n) is 2.40. The van der Waals surface area contributed by atoms with Crippen molar-refractivity contribution in [3.05, 3.63) is 20.8 Å². The minimum absolute atomic E-state index is 0.262. The molecule has 98 valence electrons. The predicted molar refractivity (Wildman–Crippen MR) is 77.4 cm³/mol. The topological polar surface area (TPSA) is 46.2 Å². The minimum Gasteiger partial charge on any atom is -0.310 e. The Morgan fingerprint density at radius 1 is 1.47 bits per heavy atom. The van der Waals surface area contributed by atoms with E-state index in [1.165, 1.54) is 11.1 Å². The average Bonchev–Trinajstić information content (AvgIpc) is 2.62. The third-order valence-corrected chi connectivity index (χ3v) is 5.16. The zero-order valence-corrected chi connectivity index (χ0v) is 13.3. The van der Waals surface area contributed by atoms with Crippen LogP contribution in [0.4, 0.5) is 0 Å². The Morgan fingerprint density at radius 2 is 2.18 bits per heavy atom. The molecule has 0 spiro atoms. The van der Waals surface area contributed by atoms with Gasteiger partial charge in [0.15, 0.2) is 0 Å². The molecule has 0 fully saturated rings. The van der Waals surface area contributed by atoms with Crippen LogP contribution in [-0.2, 0) is 9.84 Å². The van der Waals surface area contributed by atoms with Gasteiger partial charge in [0.05, 0.1) is 3.79 Å². The molecule has 1 rings (SSSR count). The number of halogens is 1. The minimum atomic E-state index is -2.85. The van der Waals surface area contributed by atoms with Crippen LogP contribution < -0.4 is 5.32 Å². The van der Waals surface area contributed by atoms with Gasteiger partial charge >= 0.3 is 0 Å². The van der Waals surface area contributed by atoms with Crippen LogP contribution in [0, 0.1) is 0 Å². The first-order chi connectivity index (χ1) is 7.92. The molecule has 0 aliphatic heterocycles. The summed E-state index contributed by atoms with van der Waals surface area (Å²) in [5.74, 6) is 0.265. The van der Waals surface area contributed by atoms with Gasteiger partial charge in [-0.25, -0.2) is 8.42 Å². The van der Waals surface area contributed by atoms with Crippen LogP contribution in [0.5, 0.6) is 0 Å². The first-order valence-electron chi connectivity index (χ1n) is 5.58. The van der Waals surface area contributed by atoms with E-state index in [1.807, 2.05) is 6.07 Å². The molecule has 0 saturated heterocycles. The van der Waals surface area contributed by atoms with Crippen molar-refractivity contribution in [3.8, 4) is 0 Å². The van der Waals surface area contributed by atoms with E-state index >= 15 is 0 Å². The highest BCUT2D eigenvalue weighted by molar-refractivity contribution is 9.11. The van der Waals surface area contributed by atoms with Crippen LogP contribution >= 0.6 is 27.3 Å². The van der Waals surface area contributed by atoms with E-state index < -0.39 is 9.84 Å². The van der Waals surface area contributed by atoms with Crippen molar-refractivity contribution in [3.63, 3.8) is 0 Å². The zero-order valence-electron chi connectivity index (χ0n) is 10.1. The van der Waals surface area contributed by atoms with Gasteiger partial charge in [0.1, 0.15) is 9.84 Å². The van der Waals surface area contributed by atoms with Crippen molar-refractivity contribution < 1.29 is 8.42 Å². The van der Waals surface area contributed by atoms with Crippen LogP contribution in [0.1, 0.15) is 30.7 Å². The molecule has 1 unspecified atom stereocenters. The van der Waals surface area contributed by atoms with Gasteiger partial charge in [0.2, 0.25) is 0 Å². The molecule has 0 aliphatic rings. The Kier molecular flexibility index (Phi) is 6.12. The lowest BCUT2D eigenvalue weighted by Crippen LogP contribution is -2.20. The Bertz CT molecular complexity index is 442. The summed E-state index contributed by atoms with van der Waals surface area (Å²) in [7, 11) is -2.85. The van der Waals surface area contributed by atoms with Crippen LogP contribution in [0.15, 0.2) is 15.9 Å². The van der Waals surface area contributed by atoms with E-state index in [4.69, 9.17) is 0 Å². The molecule has 0 radical (unpaired) electrons. The van der Waals surface area contributed by atoms with Gasteiger partial charge in [0, 0.05) is 22.9 Å². The lowest BCUT2D eigenvalue weighted by atomic mass is 10.1. The molecule has 1 heterocycles. The predicted octanol–water partition coefficient (Wildman–Crippen LogP) is 2.99. The number of nitrogens with one attached hydrogen (secondary N) is 1. The van der Waals surface area contributed by atoms with Crippen LogP contribution in [0.3, 0.4) is 0 Å². The highest BCUT2D eigenvalue weighted by Crippen LogP contribution is 2.29. The van der Waals surface area contributed by atoms with Gasteiger partial charge in [-0.15, -0.1) is 11.3 Å².